The van der Waals surface area contributed by atoms with Crippen molar-refractivity contribution in [1.29, 1.82) is 0 Å². The number of amides is 1. The van der Waals surface area contributed by atoms with Crippen molar-refractivity contribution in [3.05, 3.63) is 47.8 Å². The van der Waals surface area contributed by atoms with Crippen molar-refractivity contribution in [1.82, 2.24) is 19.4 Å². The molecule has 1 fully saturated rings. The minimum Gasteiger partial charge on any atom is -0.609 e. The summed E-state index contributed by atoms with van der Waals surface area (Å²) in [6.07, 6.45) is 1.53. The van der Waals surface area contributed by atoms with E-state index in [-0.39, 0.29) is 47.4 Å². The van der Waals surface area contributed by atoms with E-state index < -0.39 is 30.0 Å². The highest BCUT2D eigenvalue weighted by Gasteiger charge is 2.31. The number of hydrogen-bond acceptors (Lipinski definition) is 7. The molecule has 3 aromatic rings. The second-order valence-corrected chi connectivity index (χ2v) is 11.0. The fourth-order valence-corrected chi connectivity index (χ4v) is 5.81. The van der Waals surface area contributed by atoms with Crippen LogP contribution in [0, 0.1) is 12.8 Å². The maximum absolute atomic E-state index is 13.5. The smallest absolute Gasteiger partial charge is 0.422 e. The van der Waals surface area contributed by atoms with Crippen LogP contribution in [0.3, 0.4) is 0 Å². The summed E-state index contributed by atoms with van der Waals surface area (Å²) in [7, 11) is 1.55. The van der Waals surface area contributed by atoms with E-state index in [4.69, 9.17) is 9.47 Å². The summed E-state index contributed by atoms with van der Waals surface area (Å²) in [5.74, 6) is -0.573. The molecule has 0 N–H and O–H groups in total. The molecule has 1 aromatic carbocycles. The minimum absolute atomic E-state index is 0.0218. The van der Waals surface area contributed by atoms with Crippen LogP contribution in [0.2, 0.25) is 0 Å². The Morgan fingerprint density at radius 2 is 1.90 bits per heavy atom. The molecule has 0 aliphatic heterocycles. The van der Waals surface area contributed by atoms with Crippen molar-refractivity contribution in [2.24, 2.45) is 5.92 Å². The molecule has 1 unspecified atom stereocenters. The van der Waals surface area contributed by atoms with Crippen molar-refractivity contribution >= 4 is 34.2 Å². The lowest BCUT2D eigenvalue weighted by Crippen LogP contribution is -2.36. The number of likely N-dealkylation sites (N-methyl/N-ethyl adjacent to an activating group) is 1. The zero-order valence-electron chi connectivity index (χ0n) is 22.3. The lowest BCUT2D eigenvalue weighted by molar-refractivity contribution is -0.153. The molecule has 1 amide bonds. The molecule has 40 heavy (non-hydrogen) atoms. The van der Waals surface area contributed by atoms with Crippen LogP contribution in [-0.2, 0) is 26.5 Å². The summed E-state index contributed by atoms with van der Waals surface area (Å²) in [5.41, 5.74) is 1.45. The molecule has 4 rings (SSSR count). The molecule has 0 bridgehead atoms. The average Bonchev–Trinajstić information content (AvgIpc) is 3.32. The van der Waals surface area contributed by atoms with Crippen molar-refractivity contribution in [3.8, 4) is 5.75 Å². The summed E-state index contributed by atoms with van der Waals surface area (Å²) in [4.78, 5) is 35.8. The topological polar surface area (TPSA) is 110 Å². The number of esters is 1. The summed E-state index contributed by atoms with van der Waals surface area (Å²) >= 11 is -1.89. The molecular weight excluding hydrogens is 549 g/mol. The highest BCUT2D eigenvalue weighted by atomic mass is 32.2. The van der Waals surface area contributed by atoms with E-state index in [9.17, 15) is 27.3 Å². The number of carbonyl (C=O) groups excluding carboxylic acids is 2. The maximum Gasteiger partial charge on any atom is 0.422 e. The number of benzene rings is 1. The van der Waals surface area contributed by atoms with Gasteiger partial charge in [-0.05, 0) is 38.0 Å². The van der Waals surface area contributed by atoms with E-state index in [0.717, 1.165) is 32.1 Å². The van der Waals surface area contributed by atoms with Crippen molar-refractivity contribution in [2.45, 2.75) is 56.1 Å². The van der Waals surface area contributed by atoms with Gasteiger partial charge in [-0.2, -0.15) is 18.2 Å². The Morgan fingerprint density at radius 3 is 2.62 bits per heavy atom. The number of hydrogen-bond donors (Lipinski definition) is 0. The van der Waals surface area contributed by atoms with E-state index in [2.05, 4.69) is 9.97 Å². The molecule has 216 valence electrons. The Morgan fingerprint density at radius 1 is 1.18 bits per heavy atom. The number of halogens is 3. The van der Waals surface area contributed by atoms with Gasteiger partial charge in [0, 0.05) is 30.0 Å². The molecule has 1 aliphatic carbocycles. The van der Waals surface area contributed by atoms with Gasteiger partial charge in [0.15, 0.2) is 12.4 Å². The number of para-hydroxylation sites is 2. The van der Waals surface area contributed by atoms with E-state index >= 15 is 0 Å². The Kier molecular flexibility index (Phi) is 9.56. The zero-order chi connectivity index (χ0) is 28.9. The first-order valence-corrected chi connectivity index (χ1v) is 14.3. The largest absolute Gasteiger partial charge is 0.609 e. The zero-order valence-corrected chi connectivity index (χ0v) is 23.1. The number of rotatable bonds is 9. The highest BCUT2D eigenvalue weighted by Crippen LogP contribution is 2.28. The molecule has 9 nitrogen and oxygen atoms in total. The fourth-order valence-electron chi connectivity index (χ4n) is 4.56. The number of imidazole rings is 1. The summed E-state index contributed by atoms with van der Waals surface area (Å²) in [5, 5.41) is -0.0277. The number of nitrogens with zero attached hydrogens (tertiary/aromatic N) is 4. The van der Waals surface area contributed by atoms with Crippen LogP contribution in [0.15, 0.2) is 41.7 Å². The Labute approximate surface area is 232 Å². The van der Waals surface area contributed by atoms with Gasteiger partial charge >= 0.3 is 23.3 Å². The molecule has 1 atom stereocenters. The van der Waals surface area contributed by atoms with Crippen molar-refractivity contribution < 1.29 is 36.8 Å². The third kappa shape index (κ3) is 7.25. The maximum atomic E-state index is 13.5. The highest BCUT2D eigenvalue weighted by molar-refractivity contribution is 7.90. The SMILES string of the molecule is Cc1c(OCC(F)(F)F)ccnc1C[S+]([O-])c1nc2ccccc2n1C(=O)N(C)CCOC(=O)C1CCCCC1. The molecular formula is C27H31F3N4O5S. The van der Waals surface area contributed by atoms with Crippen LogP contribution in [0.5, 0.6) is 5.75 Å². The molecule has 0 spiro atoms. The van der Waals surface area contributed by atoms with Gasteiger partial charge in [-0.1, -0.05) is 31.4 Å². The summed E-state index contributed by atoms with van der Waals surface area (Å²) in [6, 6.07) is 7.60. The van der Waals surface area contributed by atoms with Gasteiger partial charge in [-0.15, -0.1) is 0 Å². The average molecular weight is 581 g/mol. The number of alkyl halides is 3. The normalized spacial score (nSPS) is 15.2. The van der Waals surface area contributed by atoms with Gasteiger partial charge in [0.2, 0.25) is 0 Å². The number of fused-ring (bicyclic) bond motifs is 1. The lowest BCUT2D eigenvalue weighted by Gasteiger charge is -2.22. The van der Waals surface area contributed by atoms with E-state index in [0.29, 0.717) is 16.6 Å². The monoisotopic (exact) mass is 580 g/mol. The standard InChI is InChI=1S/C27H31F3N4O5S/c1-18-21(31-13-12-23(18)39-17-27(28,29)30)16-40(37)25-32-20-10-6-7-11-22(20)34(25)26(36)33(2)14-15-38-24(35)19-8-4-3-5-9-19/h6-7,10-13,19H,3-5,8-9,14-17H2,1-2H3. The molecule has 13 heteroatoms. The van der Waals surface area contributed by atoms with Crippen LogP contribution in [-0.4, -0.2) is 69.0 Å². The third-order valence-electron chi connectivity index (χ3n) is 6.78. The van der Waals surface area contributed by atoms with E-state index in [1.165, 1.54) is 28.7 Å². The van der Waals surface area contributed by atoms with Gasteiger partial charge < -0.3 is 18.9 Å². The molecule has 2 aromatic heterocycles. The van der Waals surface area contributed by atoms with Gasteiger partial charge in [0.1, 0.15) is 12.4 Å². The predicted molar refractivity (Wildman–Crippen MR) is 141 cm³/mol. The Hall–Kier alpha value is -3.32. The first-order valence-electron chi connectivity index (χ1n) is 13.0. The van der Waals surface area contributed by atoms with Gasteiger partial charge in [0.05, 0.1) is 29.2 Å². The Bertz CT molecular complexity index is 1340. The van der Waals surface area contributed by atoms with Crippen LogP contribution in [0.1, 0.15) is 43.4 Å². The number of pyridine rings is 1. The van der Waals surface area contributed by atoms with Crippen LogP contribution < -0.4 is 4.74 Å². The molecule has 1 aliphatic rings. The van der Waals surface area contributed by atoms with Crippen molar-refractivity contribution in [3.63, 3.8) is 0 Å². The first kappa shape index (κ1) is 29.7. The summed E-state index contributed by atoms with van der Waals surface area (Å²) in [6.45, 7) is 0.209. The second kappa shape index (κ2) is 12.9. The van der Waals surface area contributed by atoms with Gasteiger partial charge in [-0.25, -0.2) is 9.36 Å². The summed E-state index contributed by atoms with van der Waals surface area (Å²) < 4.78 is 63.0. The lowest BCUT2D eigenvalue weighted by atomic mass is 9.89. The van der Waals surface area contributed by atoms with E-state index in [1.54, 1.807) is 31.3 Å². The third-order valence-corrected chi connectivity index (χ3v) is 8.00. The van der Waals surface area contributed by atoms with Gasteiger partial charge in [0.25, 0.3) is 0 Å². The quantitative estimate of drug-likeness (QED) is 0.258. The van der Waals surface area contributed by atoms with Crippen LogP contribution in [0.4, 0.5) is 18.0 Å². The molecule has 1 saturated carbocycles. The predicted octanol–water partition coefficient (Wildman–Crippen LogP) is 5.01. The minimum atomic E-state index is -4.51. The second-order valence-electron chi connectivity index (χ2n) is 9.70. The number of carbonyl (C=O) groups is 2. The van der Waals surface area contributed by atoms with Crippen LogP contribution in [0.25, 0.3) is 11.0 Å². The Balaban J connectivity index is 1.49. The number of ether oxygens (including phenoxy) is 2. The molecule has 0 radical (unpaired) electrons. The first-order chi connectivity index (χ1) is 19.0. The van der Waals surface area contributed by atoms with Gasteiger partial charge in [-0.3, -0.25) is 9.78 Å². The molecule has 0 saturated heterocycles. The fraction of sp³-hybridized carbons (Fsp3) is 0.481. The molecule has 2 heterocycles. The van der Waals surface area contributed by atoms with Crippen LogP contribution >= 0.6 is 0 Å². The number of aromatic nitrogens is 3. The van der Waals surface area contributed by atoms with Crippen molar-refractivity contribution in [2.75, 3.05) is 26.8 Å². The van der Waals surface area contributed by atoms with E-state index in [1.807, 2.05) is 0 Å².